The van der Waals surface area contributed by atoms with Gasteiger partial charge in [-0.2, -0.15) is 0 Å². The average Bonchev–Trinajstić information content (AvgIpc) is 2.41. The number of aryl methyl sites for hydroxylation is 1. The molecule has 0 aliphatic carbocycles. The van der Waals surface area contributed by atoms with E-state index in [1.54, 1.807) is 32.0 Å². The van der Waals surface area contributed by atoms with Gasteiger partial charge in [0.05, 0.1) is 11.5 Å². The maximum absolute atomic E-state index is 12.1. The monoisotopic (exact) mass is 293 g/mol. The van der Waals surface area contributed by atoms with Crippen molar-refractivity contribution >= 4 is 11.9 Å². The fourth-order valence-electron chi connectivity index (χ4n) is 2.07. The highest BCUT2D eigenvalue weighted by molar-refractivity contribution is 5.97. The summed E-state index contributed by atoms with van der Waals surface area (Å²) in [4.78, 5) is 22.8. The largest absolute Gasteiger partial charge is 0.507 e. The minimum absolute atomic E-state index is 0.00157. The molecule has 0 aliphatic rings. The molecule has 1 aromatic rings. The Morgan fingerprint density at radius 1 is 1.24 bits per heavy atom. The van der Waals surface area contributed by atoms with E-state index in [0.29, 0.717) is 18.4 Å². The first-order valence-electron chi connectivity index (χ1n) is 7.15. The third-order valence-corrected chi connectivity index (χ3v) is 3.56. The van der Waals surface area contributed by atoms with Crippen molar-refractivity contribution in [2.24, 2.45) is 5.92 Å². The van der Waals surface area contributed by atoms with Crippen molar-refractivity contribution in [3.63, 3.8) is 0 Å². The Bertz CT molecular complexity index is 513. The van der Waals surface area contributed by atoms with Gasteiger partial charge >= 0.3 is 5.97 Å². The Balaban J connectivity index is 2.47. The van der Waals surface area contributed by atoms with Gasteiger partial charge in [-0.25, -0.2) is 0 Å². The number of phenols is 1. The van der Waals surface area contributed by atoms with Crippen LogP contribution < -0.4 is 5.32 Å². The molecule has 3 N–H and O–H groups in total. The molecule has 0 aliphatic heterocycles. The van der Waals surface area contributed by atoms with Crippen molar-refractivity contribution in [2.75, 3.05) is 0 Å². The fourth-order valence-corrected chi connectivity index (χ4v) is 2.07. The second-order valence-corrected chi connectivity index (χ2v) is 5.52. The summed E-state index contributed by atoms with van der Waals surface area (Å²) in [7, 11) is 0. The van der Waals surface area contributed by atoms with Gasteiger partial charge < -0.3 is 15.5 Å². The quantitative estimate of drug-likeness (QED) is 0.721. The number of nitrogens with one attached hydrogen (secondary N) is 1. The minimum atomic E-state index is -0.795. The van der Waals surface area contributed by atoms with Crippen LogP contribution in [0.2, 0.25) is 0 Å². The SMILES string of the molecule is Cc1cccc(C(=O)NC(C)CCCC(C)C(=O)O)c1O. The standard InChI is InChI=1S/C16H23NO4/c1-10-6-5-9-13(14(10)18)15(19)17-12(3)8-4-7-11(2)16(20)21/h5-6,9,11-12,18H,4,7-8H2,1-3H3,(H,17,19)(H,20,21). The summed E-state index contributed by atoms with van der Waals surface area (Å²) in [6.45, 7) is 5.29. The summed E-state index contributed by atoms with van der Waals surface area (Å²) in [6, 6.07) is 4.97. The molecule has 1 amide bonds. The summed E-state index contributed by atoms with van der Waals surface area (Å²) in [5, 5.41) is 21.5. The number of carbonyl (C=O) groups excluding carboxylic acids is 1. The van der Waals surface area contributed by atoms with Gasteiger partial charge in [0.1, 0.15) is 5.75 Å². The molecule has 1 rings (SSSR count). The van der Waals surface area contributed by atoms with Crippen molar-refractivity contribution in [3.8, 4) is 5.75 Å². The van der Waals surface area contributed by atoms with E-state index in [1.807, 2.05) is 6.92 Å². The van der Waals surface area contributed by atoms with Crippen LogP contribution in [-0.2, 0) is 4.79 Å². The molecule has 0 bridgehead atoms. The molecule has 2 unspecified atom stereocenters. The molecule has 2 atom stereocenters. The number of benzene rings is 1. The van der Waals surface area contributed by atoms with Crippen molar-refractivity contribution in [1.29, 1.82) is 0 Å². The van der Waals surface area contributed by atoms with E-state index in [2.05, 4.69) is 5.32 Å². The van der Waals surface area contributed by atoms with Gasteiger partial charge in [-0.05, 0) is 38.3 Å². The van der Waals surface area contributed by atoms with E-state index in [0.717, 1.165) is 6.42 Å². The lowest BCUT2D eigenvalue weighted by molar-refractivity contribution is -0.141. The lowest BCUT2D eigenvalue weighted by Gasteiger charge is -2.15. The Morgan fingerprint density at radius 3 is 2.52 bits per heavy atom. The summed E-state index contributed by atoms with van der Waals surface area (Å²) in [5.74, 6) is -1.47. The molecule has 0 spiro atoms. The van der Waals surface area contributed by atoms with E-state index < -0.39 is 5.97 Å². The highest BCUT2D eigenvalue weighted by atomic mass is 16.4. The Labute approximate surface area is 125 Å². The molecular formula is C16H23NO4. The van der Waals surface area contributed by atoms with Crippen molar-refractivity contribution < 1.29 is 19.8 Å². The molecule has 116 valence electrons. The number of carboxylic acids is 1. The molecule has 0 saturated carbocycles. The molecule has 0 saturated heterocycles. The Morgan fingerprint density at radius 2 is 1.90 bits per heavy atom. The predicted octanol–water partition coefficient (Wildman–Crippen LogP) is 2.71. The molecule has 0 fully saturated rings. The highest BCUT2D eigenvalue weighted by Gasteiger charge is 2.15. The first kappa shape index (κ1) is 17.0. The topological polar surface area (TPSA) is 86.6 Å². The van der Waals surface area contributed by atoms with Crippen LogP contribution in [0.1, 0.15) is 49.0 Å². The lowest BCUT2D eigenvalue weighted by atomic mass is 10.0. The van der Waals surface area contributed by atoms with Crippen LogP contribution in [0.25, 0.3) is 0 Å². The number of aromatic hydroxyl groups is 1. The summed E-state index contributed by atoms with van der Waals surface area (Å²) >= 11 is 0. The lowest BCUT2D eigenvalue weighted by Crippen LogP contribution is -2.32. The van der Waals surface area contributed by atoms with Gasteiger partial charge in [0.2, 0.25) is 0 Å². The van der Waals surface area contributed by atoms with Gasteiger partial charge in [0.25, 0.3) is 5.91 Å². The Kier molecular flexibility index (Phi) is 6.21. The van der Waals surface area contributed by atoms with Gasteiger partial charge in [-0.1, -0.05) is 25.5 Å². The second kappa shape index (κ2) is 7.67. The molecule has 5 nitrogen and oxygen atoms in total. The summed E-state index contributed by atoms with van der Waals surface area (Å²) in [5.41, 5.74) is 0.923. The zero-order valence-corrected chi connectivity index (χ0v) is 12.7. The van der Waals surface area contributed by atoms with Crippen LogP contribution in [0, 0.1) is 12.8 Å². The summed E-state index contributed by atoms with van der Waals surface area (Å²) in [6.07, 6.45) is 2.02. The third kappa shape index (κ3) is 5.10. The summed E-state index contributed by atoms with van der Waals surface area (Å²) < 4.78 is 0. The minimum Gasteiger partial charge on any atom is -0.507 e. The smallest absolute Gasteiger partial charge is 0.306 e. The van der Waals surface area contributed by atoms with E-state index in [9.17, 15) is 14.7 Å². The normalized spacial score (nSPS) is 13.5. The number of amides is 1. The van der Waals surface area contributed by atoms with Gasteiger partial charge in [0.15, 0.2) is 0 Å². The van der Waals surface area contributed by atoms with Crippen molar-refractivity contribution in [3.05, 3.63) is 29.3 Å². The van der Waals surface area contributed by atoms with Crippen LogP contribution in [0.15, 0.2) is 18.2 Å². The van der Waals surface area contributed by atoms with Crippen LogP contribution in [0.5, 0.6) is 5.75 Å². The van der Waals surface area contributed by atoms with Crippen LogP contribution in [-0.4, -0.2) is 28.1 Å². The number of phenolic OH excluding ortho intramolecular Hbond substituents is 1. The highest BCUT2D eigenvalue weighted by Crippen LogP contribution is 2.21. The fraction of sp³-hybridized carbons (Fsp3) is 0.500. The van der Waals surface area contributed by atoms with E-state index in [4.69, 9.17) is 5.11 Å². The van der Waals surface area contributed by atoms with E-state index in [1.165, 1.54) is 0 Å². The molecule has 0 radical (unpaired) electrons. The third-order valence-electron chi connectivity index (χ3n) is 3.56. The molecule has 21 heavy (non-hydrogen) atoms. The van der Waals surface area contributed by atoms with Crippen molar-refractivity contribution in [1.82, 2.24) is 5.32 Å². The number of carboxylic acid groups (broad SMARTS) is 1. The van der Waals surface area contributed by atoms with Gasteiger partial charge in [0, 0.05) is 6.04 Å². The molecular weight excluding hydrogens is 270 g/mol. The number of hydrogen-bond acceptors (Lipinski definition) is 3. The van der Waals surface area contributed by atoms with Crippen molar-refractivity contribution in [2.45, 2.75) is 46.1 Å². The zero-order valence-electron chi connectivity index (χ0n) is 12.7. The number of rotatable bonds is 7. The Hall–Kier alpha value is -2.04. The maximum Gasteiger partial charge on any atom is 0.306 e. The zero-order chi connectivity index (χ0) is 16.0. The predicted molar refractivity (Wildman–Crippen MR) is 80.4 cm³/mol. The van der Waals surface area contributed by atoms with E-state index >= 15 is 0 Å². The number of para-hydroxylation sites is 1. The average molecular weight is 293 g/mol. The number of aliphatic carboxylic acids is 1. The van der Waals surface area contributed by atoms with E-state index in [-0.39, 0.29) is 29.2 Å². The first-order valence-corrected chi connectivity index (χ1v) is 7.15. The molecule has 0 aromatic heterocycles. The van der Waals surface area contributed by atoms with Crippen LogP contribution in [0.3, 0.4) is 0 Å². The van der Waals surface area contributed by atoms with Crippen LogP contribution >= 0.6 is 0 Å². The number of carbonyl (C=O) groups is 2. The van der Waals surface area contributed by atoms with Gasteiger partial charge in [-0.15, -0.1) is 0 Å². The first-order chi connectivity index (χ1) is 9.82. The molecule has 5 heteroatoms. The molecule has 0 heterocycles. The second-order valence-electron chi connectivity index (χ2n) is 5.52. The molecule has 1 aromatic carbocycles. The van der Waals surface area contributed by atoms with Gasteiger partial charge in [-0.3, -0.25) is 9.59 Å². The number of hydrogen-bond donors (Lipinski definition) is 3. The maximum atomic E-state index is 12.1. The van der Waals surface area contributed by atoms with Crippen LogP contribution in [0.4, 0.5) is 0 Å².